The van der Waals surface area contributed by atoms with Crippen molar-refractivity contribution in [2.45, 2.75) is 24.4 Å². The fourth-order valence-electron chi connectivity index (χ4n) is 3.55. The molecule has 0 saturated carbocycles. The van der Waals surface area contributed by atoms with Gasteiger partial charge in [-0.1, -0.05) is 6.07 Å². The third-order valence-corrected chi connectivity index (χ3v) is 7.25. The van der Waals surface area contributed by atoms with Gasteiger partial charge >= 0.3 is 5.97 Å². The highest BCUT2D eigenvalue weighted by atomic mass is 32.2. The Labute approximate surface area is 185 Å². The van der Waals surface area contributed by atoms with Gasteiger partial charge in [0.25, 0.3) is 5.91 Å². The van der Waals surface area contributed by atoms with E-state index >= 15 is 0 Å². The Morgan fingerprint density at radius 3 is 2.61 bits per heavy atom. The van der Waals surface area contributed by atoms with Gasteiger partial charge in [0, 0.05) is 28.3 Å². The van der Waals surface area contributed by atoms with Crippen molar-refractivity contribution in [2.75, 3.05) is 5.75 Å². The Morgan fingerprint density at radius 2 is 2.00 bits per heavy atom. The molecule has 11 heteroatoms. The van der Waals surface area contributed by atoms with E-state index in [0.717, 1.165) is 4.88 Å². The summed E-state index contributed by atoms with van der Waals surface area (Å²) in [5.74, 6) is -2.03. The maximum absolute atomic E-state index is 12.7. The standard InChI is InChI=1S/C20H18N4O5S2/c21-17(26)11-3-5-23(6-4-11)9-12-10-31-19-15(18(27)24(19)16(12)20(28)29)22-14(25)8-13-2-1-7-30-13/h1-7,15,19H,8-10H2,(H3-,21,22,25,26,28,29)/p+1/t15-,19-/m0/s1. The van der Waals surface area contributed by atoms with Gasteiger partial charge in [0.1, 0.15) is 17.1 Å². The maximum atomic E-state index is 12.7. The monoisotopic (exact) mass is 459 g/mol. The average molecular weight is 460 g/mol. The fraction of sp³-hybridized carbons (Fsp3) is 0.250. The lowest BCUT2D eigenvalue weighted by molar-refractivity contribution is -0.689. The smallest absolute Gasteiger partial charge is 0.352 e. The zero-order valence-electron chi connectivity index (χ0n) is 16.2. The van der Waals surface area contributed by atoms with Gasteiger partial charge in [-0.25, -0.2) is 9.36 Å². The number of carboxylic acid groups (broad SMARTS) is 1. The van der Waals surface area contributed by atoms with Crippen LogP contribution in [0.5, 0.6) is 0 Å². The summed E-state index contributed by atoms with van der Waals surface area (Å²) in [6.45, 7) is 0.250. The Balaban J connectivity index is 1.48. The molecule has 4 heterocycles. The second kappa shape index (κ2) is 8.52. The van der Waals surface area contributed by atoms with Crippen molar-refractivity contribution < 1.29 is 28.9 Å². The Bertz CT molecular complexity index is 1080. The summed E-state index contributed by atoms with van der Waals surface area (Å²) < 4.78 is 1.72. The summed E-state index contributed by atoms with van der Waals surface area (Å²) in [4.78, 5) is 50.3. The number of fused-ring (bicyclic) bond motifs is 1. The van der Waals surface area contributed by atoms with E-state index in [2.05, 4.69) is 5.32 Å². The molecule has 1 saturated heterocycles. The molecule has 3 amide bonds. The van der Waals surface area contributed by atoms with Crippen LogP contribution in [0, 0.1) is 0 Å². The van der Waals surface area contributed by atoms with Gasteiger partial charge < -0.3 is 16.2 Å². The summed E-state index contributed by atoms with van der Waals surface area (Å²) in [5.41, 5.74) is 6.11. The lowest BCUT2D eigenvalue weighted by Gasteiger charge is -2.49. The van der Waals surface area contributed by atoms with Crippen LogP contribution in [0.2, 0.25) is 0 Å². The first-order valence-electron chi connectivity index (χ1n) is 9.36. The number of β-lactam (4-membered cyclic amide) rings is 1. The Morgan fingerprint density at radius 1 is 1.26 bits per heavy atom. The van der Waals surface area contributed by atoms with Gasteiger partial charge in [0.05, 0.1) is 12.0 Å². The normalized spacial score (nSPS) is 20.1. The van der Waals surface area contributed by atoms with Crippen molar-refractivity contribution >= 4 is 46.8 Å². The molecule has 4 rings (SSSR count). The molecule has 9 nitrogen and oxygen atoms in total. The highest BCUT2D eigenvalue weighted by molar-refractivity contribution is 8.00. The molecule has 0 unspecified atom stereocenters. The summed E-state index contributed by atoms with van der Waals surface area (Å²) in [6, 6.07) is 6.06. The number of aromatic nitrogens is 1. The molecule has 0 aromatic carbocycles. The van der Waals surface area contributed by atoms with Crippen LogP contribution in [0.15, 0.2) is 53.3 Å². The molecule has 2 atom stereocenters. The van der Waals surface area contributed by atoms with Crippen molar-refractivity contribution in [3.8, 4) is 0 Å². The van der Waals surface area contributed by atoms with Crippen molar-refractivity contribution in [3.05, 3.63) is 63.7 Å². The van der Waals surface area contributed by atoms with E-state index in [9.17, 15) is 24.3 Å². The van der Waals surface area contributed by atoms with Crippen LogP contribution in [-0.4, -0.2) is 50.9 Å². The van der Waals surface area contributed by atoms with E-state index < -0.39 is 29.2 Å². The highest BCUT2D eigenvalue weighted by Crippen LogP contribution is 2.40. The van der Waals surface area contributed by atoms with Gasteiger partial charge in [0.15, 0.2) is 18.9 Å². The number of hydrogen-bond acceptors (Lipinski definition) is 6. The molecular formula is C20H19N4O5S2+. The van der Waals surface area contributed by atoms with Crippen molar-refractivity contribution in [1.82, 2.24) is 10.2 Å². The minimum absolute atomic E-state index is 0.0519. The number of aliphatic carboxylic acids is 1. The number of hydrogen-bond donors (Lipinski definition) is 3. The number of pyridine rings is 1. The topological polar surface area (TPSA) is 134 Å². The fourth-order valence-corrected chi connectivity index (χ4v) is 5.59. The molecule has 4 N–H and O–H groups in total. The largest absolute Gasteiger partial charge is 0.477 e. The van der Waals surface area contributed by atoms with E-state index in [1.807, 2.05) is 17.5 Å². The zero-order valence-corrected chi connectivity index (χ0v) is 17.8. The molecule has 0 bridgehead atoms. The number of thiophene rings is 1. The number of amides is 3. The number of carbonyl (C=O) groups excluding carboxylic acids is 3. The molecule has 2 aromatic rings. The number of carboxylic acids is 1. The molecule has 31 heavy (non-hydrogen) atoms. The van der Waals surface area contributed by atoms with E-state index in [-0.39, 0.29) is 24.6 Å². The number of thioether (sulfide) groups is 1. The van der Waals surface area contributed by atoms with Gasteiger partial charge in [0.2, 0.25) is 11.8 Å². The number of nitrogens with zero attached hydrogens (tertiary/aromatic N) is 2. The summed E-state index contributed by atoms with van der Waals surface area (Å²) in [7, 11) is 0. The molecule has 1 fully saturated rings. The van der Waals surface area contributed by atoms with E-state index in [4.69, 9.17) is 5.73 Å². The summed E-state index contributed by atoms with van der Waals surface area (Å²) in [5, 5.41) is 13.9. The van der Waals surface area contributed by atoms with Crippen LogP contribution >= 0.6 is 23.1 Å². The number of carbonyl (C=O) groups is 4. The predicted octanol–water partition coefficient (Wildman–Crippen LogP) is 0.116. The van der Waals surface area contributed by atoms with Gasteiger partial charge in [-0.15, -0.1) is 23.1 Å². The quantitative estimate of drug-likeness (QED) is 0.398. The number of primary amides is 1. The Kier molecular flexibility index (Phi) is 5.79. The van der Waals surface area contributed by atoms with Crippen LogP contribution < -0.4 is 15.6 Å². The number of rotatable bonds is 7. The second-order valence-corrected chi connectivity index (χ2v) is 9.23. The van der Waals surface area contributed by atoms with Crippen LogP contribution in [0.1, 0.15) is 15.2 Å². The first-order chi connectivity index (χ1) is 14.8. The van der Waals surface area contributed by atoms with Crippen LogP contribution in [0.3, 0.4) is 0 Å². The lowest BCUT2D eigenvalue weighted by Crippen LogP contribution is -2.70. The first kappa shape index (κ1) is 21.1. The average Bonchev–Trinajstić information content (AvgIpc) is 3.24. The number of nitrogens with two attached hydrogens (primary N) is 1. The maximum Gasteiger partial charge on any atom is 0.352 e. The minimum Gasteiger partial charge on any atom is -0.477 e. The molecule has 2 aromatic heterocycles. The molecule has 2 aliphatic heterocycles. The second-order valence-electron chi connectivity index (χ2n) is 7.09. The molecule has 160 valence electrons. The van der Waals surface area contributed by atoms with E-state index in [0.29, 0.717) is 16.9 Å². The SMILES string of the molecule is NC(=O)c1cc[n+](CC2=C(C(=O)O)N3C(=O)[C@H](NC(=O)Cc4cccs4)[C@@H]3SC2)cc1. The van der Waals surface area contributed by atoms with Crippen LogP contribution in [0.25, 0.3) is 0 Å². The first-order valence-corrected chi connectivity index (χ1v) is 11.3. The molecule has 0 aliphatic carbocycles. The zero-order chi connectivity index (χ0) is 22.1. The van der Waals surface area contributed by atoms with Crippen LogP contribution in [-0.2, 0) is 27.3 Å². The van der Waals surface area contributed by atoms with Gasteiger partial charge in [-0.2, -0.15) is 0 Å². The number of nitrogens with one attached hydrogen (secondary N) is 1. The van der Waals surface area contributed by atoms with Crippen molar-refractivity contribution in [3.63, 3.8) is 0 Å². The van der Waals surface area contributed by atoms with Crippen molar-refractivity contribution in [1.29, 1.82) is 0 Å². The van der Waals surface area contributed by atoms with Gasteiger partial charge in [-0.05, 0) is 11.4 Å². The molecular weight excluding hydrogens is 440 g/mol. The third-order valence-electron chi connectivity index (χ3n) is 5.03. The van der Waals surface area contributed by atoms with Gasteiger partial charge in [-0.3, -0.25) is 19.3 Å². The highest BCUT2D eigenvalue weighted by Gasteiger charge is 2.54. The molecule has 0 spiro atoms. The predicted molar refractivity (Wildman–Crippen MR) is 113 cm³/mol. The summed E-state index contributed by atoms with van der Waals surface area (Å²) in [6.07, 6.45) is 3.45. The molecule has 0 radical (unpaired) electrons. The third kappa shape index (κ3) is 4.19. The van der Waals surface area contributed by atoms with E-state index in [1.165, 1.54) is 28.0 Å². The van der Waals surface area contributed by atoms with Crippen molar-refractivity contribution in [2.24, 2.45) is 5.73 Å². The van der Waals surface area contributed by atoms with E-state index in [1.54, 1.807) is 29.1 Å². The summed E-state index contributed by atoms with van der Waals surface area (Å²) >= 11 is 2.88. The molecule has 2 aliphatic rings. The van der Waals surface area contributed by atoms with Crippen LogP contribution in [0.4, 0.5) is 0 Å². The Hall–Kier alpha value is -3.18. The minimum atomic E-state index is -1.19. The lowest BCUT2D eigenvalue weighted by atomic mass is 10.0.